The lowest BCUT2D eigenvalue weighted by atomic mass is 9.81. The van der Waals surface area contributed by atoms with E-state index in [9.17, 15) is 14.7 Å². The minimum Gasteiger partial charge on any atom is -0.497 e. The summed E-state index contributed by atoms with van der Waals surface area (Å²) in [5.74, 6) is -0.461. The quantitative estimate of drug-likeness (QED) is 0.928. The number of nitrogens with zero attached hydrogens (tertiary/aromatic N) is 1. The van der Waals surface area contributed by atoms with Crippen LogP contribution >= 0.6 is 0 Å². The standard InChI is InChI=1S/C17H23NO4/c1-12(13-6-4-7-14(10-13)22-3)15(19)18-9-5-8-17(2,11-18)16(20)21/h4,6-7,10,12H,5,8-9,11H2,1-3H3,(H,20,21). The van der Waals surface area contributed by atoms with Crippen LogP contribution in [0.5, 0.6) is 5.75 Å². The van der Waals surface area contributed by atoms with E-state index >= 15 is 0 Å². The van der Waals surface area contributed by atoms with Crippen molar-refractivity contribution in [2.45, 2.75) is 32.6 Å². The van der Waals surface area contributed by atoms with Crippen LogP contribution in [-0.2, 0) is 9.59 Å². The lowest BCUT2D eigenvalue weighted by molar-refractivity contribution is -0.153. The van der Waals surface area contributed by atoms with Crippen molar-refractivity contribution < 1.29 is 19.4 Å². The second-order valence-electron chi connectivity index (χ2n) is 6.23. The largest absolute Gasteiger partial charge is 0.497 e. The summed E-state index contributed by atoms with van der Waals surface area (Å²) in [6.07, 6.45) is 1.33. The second-order valence-corrected chi connectivity index (χ2v) is 6.23. The van der Waals surface area contributed by atoms with Gasteiger partial charge in [-0.3, -0.25) is 9.59 Å². The van der Waals surface area contributed by atoms with Gasteiger partial charge in [0, 0.05) is 13.1 Å². The molecule has 0 aromatic heterocycles. The summed E-state index contributed by atoms with van der Waals surface area (Å²) < 4.78 is 5.19. The van der Waals surface area contributed by atoms with E-state index in [1.54, 1.807) is 18.9 Å². The number of aliphatic carboxylic acids is 1. The maximum absolute atomic E-state index is 12.7. The number of carbonyl (C=O) groups excluding carboxylic acids is 1. The molecule has 1 heterocycles. The normalized spacial score (nSPS) is 23.0. The molecule has 0 bridgehead atoms. The van der Waals surface area contributed by atoms with Crippen LogP contribution in [0.1, 0.15) is 38.2 Å². The topological polar surface area (TPSA) is 66.8 Å². The minimum atomic E-state index is -0.845. The zero-order valence-corrected chi connectivity index (χ0v) is 13.3. The smallest absolute Gasteiger partial charge is 0.311 e. The maximum Gasteiger partial charge on any atom is 0.311 e. The van der Waals surface area contributed by atoms with E-state index in [0.29, 0.717) is 18.7 Å². The molecule has 0 radical (unpaired) electrons. The van der Waals surface area contributed by atoms with E-state index in [-0.39, 0.29) is 18.4 Å². The van der Waals surface area contributed by atoms with Crippen LogP contribution in [0.4, 0.5) is 0 Å². The Labute approximate surface area is 130 Å². The molecule has 0 spiro atoms. The third-order valence-electron chi connectivity index (χ3n) is 4.49. The lowest BCUT2D eigenvalue weighted by Crippen LogP contribution is -2.49. The van der Waals surface area contributed by atoms with Gasteiger partial charge in [-0.1, -0.05) is 12.1 Å². The summed E-state index contributed by atoms with van der Waals surface area (Å²) in [7, 11) is 1.59. The molecular formula is C17H23NO4. The van der Waals surface area contributed by atoms with Gasteiger partial charge in [0.15, 0.2) is 0 Å². The number of benzene rings is 1. The molecule has 0 aliphatic carbocycles. The van der Waals surface area contributed by atoms with E-state index in [2.05, 4.69) is 0 Å². The molecule has 5 heteroatoms. The van der Waals surface area contributed by atoms with Gasteiger partial charge >= 0.3 is 5.97 Å². The van der Waals surface area contributed by atoms with Crippen molar-refractivity contribution in [2.24, 2.45) is 5.41 Å². The lowest BCUT2D eigenvalue weighted by Gasteiger charge is -2.38. The SMILES string of the molecule is COc1cccc(C(C)C(=O)N2CCCC(C)(C(=O)O)C2)c1. The van der Waals surface area contributed by atoms with Crippen molar-refractivity contribution in [3.8, 4) is 5.75 Å². The first-order valence-corrected chi connectivity index (χ1v) is 7.53. The molecule has 1 N–H and O–H groups in total. The molecule has 1 aliphatic heterocycles. The van der Waals surface area contributed by atoms with E-state index in [0.717, 1.165) is 12.0 Å². The zero-order chi connectivity index (χ0) is 16.3. The Balaban J connectivity index is 2.14. The van der Waals surface area contributed by atoms with Crippen LogP contribution in [0.2, 0.25) is 0 Å². The van der Waals surface area contributed by atoms with Gasteiger partial charge in [0.05, 0.1) is 18.4 Å². The molecule has 2 rings (SSSR count). The van der Waals surface area contributed by atoms with Crippen molar-refractivity contribution in [3.05, 3.63) is 29.8 Å². The van der Waals surface area contributed by atoms with Gasteiger partial charge in [-0.15, -0.1) is 0 Å². The first kappa shape index (κ1) is 16.3. The maximum atomic E-state index is 12.7. The molecule has 2 atom stereocenters. The summed E-state index contributed by atoms with van der Waals surface area (Å²) in [4.78, 5) is 25.8. The van der Waals surface area contributed by atoms with Crippen molar-refractivity contribution in [1.29, 1.82) is 0 Å². The highest BCUT2D eigenvalue weighted by Gasteiger charge is 2.40. The predicted octanol–water partition coefficient (Wildman–Crippen LogP) is 2.51. The van der Waals surface area contributed by atoms with E-state index < -0.39 is 11.4 Å². The first-order chi connectivity index (χ1) is 10.4. The monoisotopic (exact) mass is 305 g/mol. The molecule has 1 saturated heterocycles. The summed E-state index contributed by atoms with van der Waals surface area (Å²) in [6, 6.07) is 7.44. The van der Waals surface area contributed by atoms with Crippen molar-refractivity contribution in [3.63, 3.8) is 0 Å². The Morgan fingerprint density at radius 3 is 2.77 bits per heavy atom. The Morgan fingerprint density at radius 1 is 1.41 bits per heavy atom. The Morgan fingerprint density at radius 2 is 2.14 bits per heavy atom. The van der Waals surface area contributed by atoms with Gasteiger partial charge in [-0.25, -0.2) is 0 Å². The molecule has 120 valence electrons. The summed E-state index contributed by atoms with van der Waals surface area (Å²) >= 11 is 0. The van der Waals surface area contributed by atoms with E-state index in [4.69, 9.17) is 4.74 Å². The van der Waals surface area contributed by atoms with E-state index in [1.165, 1.54) is 0 Å². The average Bonchev–Trinajstić information content (AvgIpc) is 2.53. The molecule has 0 saturated carbocycles. The highest BCUT2D eigenvalue weighted by Crippen LogP contribution is 2.32. The van der Waals surface area contributed by atoms with Gasteiger partial charge < -0.3 is 14.7 Å². The van der Waals surface area contributed by atoms with Crippen LogP contribution < -0.4 is 4.74 Å². The van der Waals surface area contributed by atoms with Gasteiger partial charge in [-0.2, -0.15) is 0 Å². The van der Waals surface area contributed by atoms with Crippen molar-refractivity contribution in [1.82, 2.24) is 4.90 Å². The molecule has 22 heavy (non-hydrogen) atoms. The number of carboxylic acids is 1. The number of rotatable bonds is 4. The molecule has 1 aromatic carbocycles. The Kier molecular flexibility index (Phi) is 4.74. The molecule has 1 amide bonds. The molecule has 1 aromatic rings. The van der Waals surface area contributed by atoms with Crippen LogP contribution in [0, 0.1) is 5.41 Å². The van der Waals surface area contributed by atoms with Gasteiger partial charge in [0.2, 0.25) is 5.91 Å². The molecule has 2 unspecified atom stereocenters. The van der Waals surface area contributed by atoms with Gasteiger partial charge in [0.25, 0.3) is 0 Å². The summed E-state index contributed by atoms with van der Waals surface area (Å²) in [5, 5.41) is 9.37. The number of carbonyl (C=O) groups is 2. The van der Waals surface area contributed by atoms with Crippen LogP contribution in [0.25, 0.3) is 0 Å². The number of methoxy groups -OCH3 is 1. The number of likely N-dealkylation sites (tertiary alicyclic amines) is 1. The fourth-order valence-corrected chi connectivity index (χ4v) is 2.93. The van der Waals surface area contributed by atoms with Crippen molar-refractivity contribution >= 4 is 11.9 Å². The third-order valence-corrected chi connectivity index (χ3v) is 4.49. The molecular weight excluding hydrogens is 282 g/mol. The summed E-state index contributed by atoms with van der Waals surface area (Å²) in [5.41, 5.74) is 0.0362. The predicted molar refractivity (Wildman–Crippen MR) is 83.0 cm³/mol. The van der Waals surface area contributed by atoms with E-state index in [1.807, 2.05) is 31.2 Å². The van der Waals surface area contributed by atoms with Crippen LogP contribution in [-0.4, -0.2) is 42.1 Å². The molecule has 1 fully saturated rings. The molecule has 1 aliphatic rings. The fraction of sp³-hybridized carbons (Fsp3) is 0.529. The number of hydrogen-bond donors (Lipinski definition) is 1. The number of hydrogen-bond acceptors (Lipinski definition) is 3. The Hall–Kier alpha value is -2.04. The van der Waals surface area contributed by atoms with Gasteiger partial charge in [0.1, 0.15) is 5.75 Å². The number of ether oxygens (including phenoxy) is 1. The zero-order valence-electron chi connectivity index (χ0n) is 13.3. The second kappa shape index (κ2) is 6.38. The Bertz CT molecular complexity index is 572. The van der Waals surface area contributed by atoms with Crippen molar-refractivity contribution in [2.75, 3.05) is 20.2 Å². The minimum absolute atomic E-state index is 0.0274. The van der Waals surface area contributed by atoms with Crippen LogP contribution in [0.15, 0.2) is 24.3 Å². The fourth-order valence-electron chi connectivity index (χ4n) is 2.93. The van der Waals surface area contributed by atoms with Crippen LogP contribution in [0.3, 0.4) is 0 Å². The third kappa shape index (κ3) is 3.24. The summed E-state index contributed by atoms with van der Waals surface area (Å²) in [6.45, 7) is 4.46. The molecule has 5 nitrogen and oxygen atoms in total. The number of carboxylic acid groups (broad SMARTS) is 1. The average molecular weight is 305 g/mol. The highest BCUT2D eigenvalue weighted by molar-refractivity contribution is 5.84. The highest BCUT2D eigenvalue weighted by atomic mass is 16.5. The first-order valence-electron chi connectivity index (χ1n) is 7.53. The van der Waals surface area contributed by atoms with Gasteiger partial charge in [-0.05, 0) is 44.4 Å². The number of amides is 1. The number of piperidine rings is 1.